The number of hydrogen-bond donors (Lipinski definition) is 2. The van der Waals surface area contributed by atoms with Gasteiger partial charge in [-0.05, 0) is 42.7 Å². The van der Waals surface area contributed by atoms with Crippen molar-refractivity contribution in [1.29, 1.82) is 0 Å². The van der Waals surface area contributed by atoms with Crippen molar-refractivity contribution in [3.05, 3.63) is 47.0 Å². The van der Waals surface area contributed by atoms with Crippen LogP contribution in [0.5, 0.6) is 0 Å². The monoisotopic (exact) mass is 388 g/mol. The minimum atomic E-state index is -4.51. The molecule has 0 aliphatic rings. The van der Waals surface area contributed by atoms with Gasteiger partial charge in [0.2, 0.25) is 5.96 Å². The van der Waals surface area contributed by atoms with Crippen LogP contribution in [0, 0.1) is 0 Å². The van der Waals surface area contributed by atoms with E-state index in [0.717, 1.165) is 17.0 Å². The van der Waals surface area contributed by atoms with E-state index in [9.17, 15) is 13.2 Å². The first kappa shape index (κ1) is 19.3. The molecule has 4 N–H and O–H groups in total. The Morgan fingerprint density at radius 2 is 1.88 bits per heavy atom. The molecule has 25 heavy (non-hydrogen) atoms. The van der Waals surface area contributed by atoms with Gasteiger partial charge in [-0.1, -0.05) is 11.6 Å². The van der Waals surface area contributed by atoms with Crippen molar-refractivity contribution >= 4 is 46.4 Å². The summed E-state index contributed by atoms with van der Waals surface area (Å²) >= 11 is 7.61. The van der Waals surface area contributed by atoms with E-state index in [1.165, 1.54) is 29.8 Å². The summed E-state index contributed by atoms with van der Waals surface area (Å²) in [5.74, 6) is -0.0149. The van der Waals surface area contributed by atoms with Gasteiger partial charge in [0.15, 0.2) is 0 Å². The molecule has 0 unspecified atom stereocenters. The van der Waals surface area contributed by atoms with Crippen LogP contribution in [0.3, 0.4) is 0 Å². The molecular formula is C16H16ClF3N4S. The fourth-order valence-corrected chi connectivity index (χ4v) is 2.62. The predicted octanol–water partition coefficient (Wildman–Crippen LogP) is 4.75. The second kappa shape index (κ2) is 7.45. The number of guanidine groups is 1. The van der Waals surface area contributed by atoms with Gasteiger partial charge in [-0.25, -0.2) is 4.99 Å². The maximum atomic E-state index is 12.9. The largest absolute Gasteiger partial charge is 0.416 e. The molecule has 0 bridgehead atoms. The Balaban J connectivity index is 2.40. The summed E-state index contributed by atoms with van der Waals surface area (Å²) in [5.41, 5.74) is 11.2. The highest BCUT2D eigenvalue weighted by Gasteiger charge is 2.31. The van der Waals surface area contributed by atoms with Crippen LogP contribution in [0.1, 0.15) is 5.56 Å². The Bertz CT molecular complexity index is 808. The van der Waals surface area contributed by atoms with E-state index in [1.54, 1.807) is 12.1 Å². The number of nitrogen functional groups attached to an aromatic ring is 1. The molecule has 0 atom stereocenters. The quantitative estimate of drug-likeness (QED) is 0.345. The molecule has 0 spiro atoms. The van der Waals surface area contributed by atoms with Crippen molar-refractivity contribution in [1.82, 2.24) is 0 Å². The molecule has 0 saturated heterocycles. The summed E-state index contributed by atoms with van der Waals surface area (Å²) in [7, 11) is 1.50. The fourth-order valence-electron chi connectivity index (χ4n) is 2.03. The summed E-state index contributed by atoms with van der Waals surface area (Å²) in [5, 5.41) is 0.387. The van der Waals surface area contributed by atoms with Crippen LogP contribution in [0.4, 0.5) is 30.2 Å². The molecule has 9 heteroatoms. The number of anilines is 2. The smallest absolute Gasteiger partial charge is 0.399 e. The number of rotatable bonds is 3. The zero-order valence-corrected chi connectivity index (χ0v) is 15.0. The molecular weight excluding hydrogens is 373 g/mol. The molecule has 2 aromatic rings. The number of halogens is 4. The van der Waals surface area contributed by atoms with E-state index in [1.807, 2.05) is 12.3 Å². The van der Waals surface area contributed by atoms with Gasteiger partial charge in [-0.2, -0.15) is 13.2 Å². The number of aliphatic imine (C=N–C) groups is 1. The highest BCUT2D eigenvalue weighted by molar-refractivity contribution is 7.98. The van der Waals surface area contributed by atoms with Crippen molar-refractivity contribution in [3.63, 3.8) is 0 Å². The SMILES string of the molecule is CSc1ccc(Cl)c(N=C(N)N(C)c2cc(N)cc(C(F)(F)F)c2)c1. The Kier molecular flexibility index (Phi) is 5.74. The molecule has 2 rings (SSSR count). The molecule has 2 aromatic carbocycles. The Morgan fingerprint density at radius 1 is 1.20 bits per heavy atom. The predicted molar refractivity (Wildman–Crippen MR) is 98.8 cm³/mol. The zero-order valence-electron chi connectivity index (χ0n) is 13.4. The lowest BCUT2D eigenvalue weighted by molar-refractivity contribution is -0.137. The first-order valence-corrected chi connectivity index (χ1v) is 8.61. The van der Waals surface area contributed by atoms with Crippen LogP contribution in [0.15, 0.2) is 46.3 Å². The summed E-state index contributed by atoms with van der Waals surface area (Å²) < 4.78 is 38.8. The number of hydrogen-bond acceptors (Lipinski definition) is 3. The van der Waals surface area contributed by atoms with Crippen LogP contribution in [0.25, 0.3) is 0 Å². The number of nitrogens with zero attached hydrogens (tertiary/aromatic N) is 2. The van der Waals surface area contributed by atoms with Crippen molar-refractivity contribution in [2.75, 3.05) is 23.9 Å². The molecule has 134 valence electrons. The average Bonchev–Trinajstić information content (AvgIpc) is 2.54. The van der Waals surface area contributed by atoms with Gasteiger partial charge in [0.25, 0.3) is 0 Å². The number of nitrogens with two attached hydrogens (primary N) is 2. The number of benzene rings is 2. The van der Waals surface area contributed by atoms with Gasteiger partial charge >= 0.3 is 6.18 Å². The summed E-state index contributed by atoms with van der Waals surface area (Å²) in [6, 6.07) is 8.47. The van der Waals surface area contributed by atoms with Crippen LogP contribution in [0.2, 0.25) is 5.02 Å². The van der Waals surface area contributed by atoms with Crippen LogP contribution in [-0.2, 0) is 6.18 Å². The first-order valence-electron chi connectivity index (χ1n) is 7.01. The van der Waals surface area contributed by atoms with Crippen LogP contribution >= 0.6 is 23.4 Å². The first-order chi connectivity index (χ1) is 11.6. The van der Waals surface area contributed by atoms with Crippen molar-refractivity contribution < 1.29 is 13.2 Å². The topological polar surface area (TPSA) is 67.6 Å². The lowest BCUT2D eigenvalue weighted by atomic mass is 10.1. The highest BCUT2D eigenvalue weighted by atomic mass is 35.5. The molecule has 0 aliphatic heterocycles. The van der Waals surface area contributed by atoms with Gasteiger partial charge in [0, 0.05) is 23.3 Å². The Labute approximate surface area is 152 Å². The van der Waals surface area contributed by atoms with Crippen molar-refractivity contribution in [3.8, 4) is 0 Å². The normalized spacial score (nSPS) is 12.3. The molecule has 0 saturated carbocycles. The van der Waals surface area contributed by atoms with Crippen molar-refractivity contribution in [2.24, 2.45) is 10.7 Å². The molecule has 0 heterocycles. The lowest BCUT2D eigenvalue weighted by Gasteiger charge is -2.20. The second-order valence-electron chi connectivity index (χ2n) is 5.16. The zero-order chi connectivity index (χ0) is 18.8. The summed E-state index contributed by atoms with van der Waals surface area (Å²) in [4.78, 5) is 6.46. The highest BCUT2D eigenvalue weighted by Crippen LogP contribution is 2.34. The van der Waals surface area contributed by atoms with E-state index >= 15 is 0 Å². The number of alkyl halides is 3. The minimum absolute atomic E-state index is 0.0149. The fraction of sp³-hybridized carbons (Fsp3) is 0.188. The van der Waals surface area contributed by atoms with E-state index < -0.39 is 11.7 Å². The van der Waals surface area contributed by atoms with Crippen LogP contribution in [-0.4, -0.2) is 19.3 Å². The van der Waals surface area contributed by atoms with E-state index in [0.29, 0.717) is 10.7 Å². The summed E-state index contributed by atoms with van der Waals surface area (Å²) in [6.07, 6.45) is -2.61. The van der Waals surface area contributed by atoms with E-state index in [4.69, 9.17) is 23.1 Å². The van der Waals surface area contributed by atoms with E-state index in [-0.39, 0.29) is 17.3 Å². The maximum absolute atomic E-state index is 12.9. The van der Waals surface area contributed by atoms with Gasteiger partial charge in [0.05, 0.1) is 16.3 Å². The summed E-state index contributed by atoms with van der Waals surface area (Å²) in [6.45, 7) is 0. The van der Waals surface area contributed by atoms with Crippen molar-refractivity contribution in [2.45, 2.75) is 11.1 Å². The lowest BCUT2D eigenvalue weighted by Crippen LogP contribution is -2.33. The maximum Gasteiger partial charge on any atom is 0.416 e. The average molecular weight is 389 g/mol. The van der Waals surface area contributed by atoms with Gasteiger partial charge < -0.3 is 16.4 Å². The number of thioether (sulfide) groups is 1. The van der Waals surface area contributed by atoms with Gasteiger partial charge in [-0.3, -0.25) is 0 Å². The molecule has 4 nitrogen and oxygen atoms in total. The second-order valence-corrected chi connectivity index (χ2v) is 6.44. The minimum Gasteiger partial charge on any atom is -0.399 e. The molecule has 0 radical (unpaired) electrons. The molecule has 0 fully saturated rings. The standard InChI is InChI=1S/C16H16ClF3N4S/c1-24(11-6-9(16(18,19)20)5-10(21)7-11)15(22)23-14-8-12(25-2)3-4-13(14)17/h3-8H,21H2,1-2H3,(H2,22,23). The molecule has 0 amide bonds. The Hall–Kier alpha value is -2.06. The molecule has 0 aromatic heterocycles. The third-order valence-corrected chi connectivity index (χ3v) is 4.43. The Morgan fingerprint density at radius 3 is 2.48 bits per heavy atom. The third kappa shape index (κ3) is 4.73. The van der Waals surface area contributed by atoms with Gasteiger partial charge in [-0.15, -0.1) is 11.8 Å². The molecule has 0 aliphatic carbocycles. The van der Waals surface area contributed by atoms with Crippen LogP contribution < -0.4 is 16.4 Å². The van der Waals surface area contributed by atoms with Gasteiger partial charge in [0.1, 0.15) is 0 Å². The van der Waals surface area contributed by atoms with E-state index in [2.05, 4.69) is 4.99 Å². The third-order valence-electron chi connectivity index (χ3n) is 3.39.